The first kappa shape index (κ1) is 12.8. The van der Waals surface area contributed by atoms with Crippen LogP contribution in [0.15, 0.2) is 30.6 Å². The third-order valence-corrected chi connectivity index (χ3v) is 2.58. The van der Waals surface area contributed by atoms with Gasteiger partial charge in [-0.25, -0.2) is 9.97 Å². The minimum atomic E-state index is -0.482. The Morgan fingerprint density at radius 2 is 2.16 bits per heavy atom. The number of aromatic nitrogens is 2. The number of nitrogens with zero attached hydrogens (tertiary/aromatic N) is 3. The number of hydrogen-bond donors (Lipinski definition) is 2. The third kappa shape index (κ3) is 2.97. The standard InChI is InChI=1S/C12H8ClN5O/c13-8-2-1-7(4-14)3-9(8)18-12(19)10-5-17-11(15)6-16-10/h1-3,5-6H,(H2,15,17)(H,18,19). The van der Waals surface area contributed by atoms with E-state index in [0.717, 1.165) is 0 Å². The van der Waals surface area contributed by atoms with Crippen LogP contribution in [0, 0.1) is 11.3 Å². The number of benzene rings is 1. The normalized spacial score (nSPS) is 9.68. The van der Waals surface area contributed by atoms with Gasteiger partial charge in [-0.05, 0) is 18.2 Å². The summed E-state index contributed by atoms with van der Waals surface area (Å²) in [5.74, 6) is -0.259. The molecule has 1 heterocycles. The van der Waals surface area contributed by atoms with Gasteiger partial charge in [0, 0.05) is 0 Å². The smallest absolute Gasteiger partial charge is 0.275 e. The molecular weight excluding hydrogens is 266 g/mol. The van der Waals surface area contributed by atoms with Gasteiger partial charge in [-0.1, -0.05) is 11.6 Å². The van der Waals surface area contributed by atoms with Gasteiger partial charge >= 0.3 is 0 Å². The number of carbonyl (C=O) groups is 1. The monoisotopic (exact) mass is 273 g/mol. The lowest BCUT2D eigenvalue weighted by molar-refractivity contribution is 0.102. The van der Waals surface area contributed by atoms with E-state index in [2.05, 4.69) is 15.3 Å². The topological polar surface area (TPSA) is 105 Å². The van der Waals surface area contributed by atoms with Gasteiger partial charge in [0.25, 0.3) is 5.91 Å². The van der Waals surface area contributed by atoms with Crippen LogP contribution in [0.2, 0.25) is 5.02 Å². The summed E-state index contributed by atoms with van der Waals surface area (Å²) in [5.41, 5.74) is 6.21. The molecule has 6 nitrogen and oxygen atoms in total. The number of nitrogen functional groups attached to an aromatic ring is 1. The number of nitrogens with one attached hydrogen (secondary N) is 1. The molecule has 0 aliphatic rings. The zero-order chi connectivity index (χ0) is 13.8. The fourth-order valence-corrected chi connectivity index (χ4v) is 1.50. The van der Waals surface area contributed by atoms with E-state index in [9.17, 15) is 4.79 Å². The second kappa shape index (κ2) is 5.33. The van der Waals surface area contributed by atoms with Crippen molar-refractivity contribution in [3.05, 3.63) is 46.9 Å². The largest absolute Gasteiger partial charge is 0.382 e. The van der Waals surface area contributed by atoms with Gasteiger partial charge in [0.05, 0.1) is 34.7 Å². The Bertz CT molecular complexity index is 663. The van der Waals surface area contributed by atoms with Gasteiger partial charge in [0.2, 0.25) is 0 Å². The highest BCUT2D eigenvalue weighted by molar-refractivity contribution is 6.33. The predicted octanol–water partition coefficient (Wildman–Crippen LogP) is 1.84. The van der Waals surface area contributed by atoms with E-state index < -0.39 is 5.91 Å². The molecule has 1 amide bonds. The molecule has 0 aliphatic heterocycles. The molecule has 3 N–H and O–H groups in total. The van der Waals surface area contributed by atoms with Crippen molar-refractivity contribution in [1.29, 1.82) is 5.26 Å². The van der Waals surface area contributed by atoms with Crippen LogP contribution in [0.5, 0.6) is 0 Å². The van der Waals surface area contributed by atoms with Gasteiger partial charge in [-0.3, -0.25) is 4.79 Å². The van der Waals surface area contributed by atoms with E-state index in [4.69, 9.17) is 22.6 Å². The summed E-state index contributed by atoms with van der Waals surface area (Å²) in [5, 5.41) is 11.7. The van der Waals surface area contributed by atoms with Crippen LogP contribution >= 0.6 is 11.6 Å². The van der Waals surface area contributed by atoms with Crippen molar-refractivity contribution >= 4 is 29.0 Å². The summed E-state index contributed by atoms with van der Waals surface area (Å²) in [6.07, 6.45) is 2.54. The van der Waals surface area contributed by atoms with Crippen LogP contribution in [-0.2, 0) is 0 Å². The highest BCUT2D eigenvalue weighted by Gasteiger charge is 2.10. The molecule has 0 saturated carbocycles. The van der Waals surface area contributed by atoms with E-state index in [1.807, 2.05) is 6.07 Å². The van der Waals surface area contributed by atoms with Gasteiger partial charge in [-0.15, -0.1) is 0 Å². The lowest BCUT2D eigenvalue weighted by Crippen LogP contribution is -2.14. The van der Waals surface area contributed by atoms with Gasteiger partial charge in [0.15, 0.2) is 0 Å². The molecule has 0 spiro atoms. The van der Waals surface area contributed by atoms with Crippen molar-refractivity contribution in [2.24, 2.45) is 0 Å². The Balaban J connectivity index is 2.24. The number of nitriles is 1. The highest BCUT2D eigenvalue weighted by atomic mass is 35.5. The van der Waals surface area contributed by atoms with Crippen LogP contribution in [0.4, 0.5) is 11.5 Å². The van der Waals surface area contributed by atoms with Gasteiger partial charge in [-0.2, -0.15) is 5.26 Å². The summed E-state index contributed by atoms with van der Waals surface area (Å²) in [7, 11) is 0. The van der Waals surface area contributed by atoms with Crippen LogP contribution in [0.1, 0.15) is 16.1 Å². The van der Waals surface area contributed by atoms with Crippen molar-refractivity contribution in [3.8, 4) is 6.07 Å². The zero-order valence-electron chi connectivity index (χ0n) is 9.59. The molecule has 0 bridgehead atoms. The molecule has 0 aliphatic carbocycles. The molecule has 1 aromatic carbocycles. The zero-order valence-corrected chi connectivity index (χ0v) is 10.3. The molecule has 19 heavy (non-hydrogen) atoms. The fourth-order valence-electron chi connectivity index (χ4n) is 1.33. The second-order valence-corrected chi connectivity index (χ2v) is 3.99. The minimum absolute atomic E-state index is 0.104. The van der Waals surface area contributed by atoms with E-state index >= 15 is 0 Å². The predicted molar refractivity (Wildman–Crippen MR) is 70.6 cm³/mol. The maximum absolute atomic E-state index is 11.9. The highest BCUT2D eigenvalue weighted by Crippen LogP contribution is 2.23. The summed E-state index contributed by atoms with van der Waals surface area (Å²) >= 11 is 5.93. The molecule has 0 atom stereocenters. The molecule has 0 saturated heterocycles. The molecule has 0 radical (unpaired) electrons. The Morgan fingerprint density at radius 3 is 2.79 bits per heavy atom. The van der Waals surface area contributed by atoms with Crippen LogP contribution in [-0.4, -0.2) is 15.9 Å². The Morgan fingerprint density at radius 1 is 1.37 bits per heavy atom. The number of halogens is 1. The molecule has 94 valence electrons. The van der Waals surface area contributed by atoms with Crippen molar-refractivity contribution in [2.45, 2.75) is 0 Å². The summed E-state index contributed by atoms with van der Waals surface area (Å²) in [4.78, 5) is 19.5. The Kier molecular flexibility index (Phi) is 3.59. The van der Waals surface area contributed by atoms with Crippen molar-refractivity contribution in [1.82, 2.24) is 9.97 Å². The van der Waals surface area contributed by atoms with E-state index in [1.54, 1.807) is 6.07 Å². The van der Waals surface area contributed by atoms with E-state index in [1.165, 1.54) is 24.5 Å². The maximum atomic E-state index is 11.9. The quantitative estimate of drug-likeness (QED) is 0.868. The maximum Gasteiger partial charge on any atom is 0.275 e. The van der Waals surface area contributed by atoms with Gasteiger partial charge in [0.1, 0.15) is 11.5 Å². The third-order valence-electron chi connectivity index (χ3n) is 2.25. The molecule has 1 aromatic heterocycles. The number of hydrogen-bond acceptors (Lipinski definition) is 5. The molecular formula is C12H8ClN5O. The summed E-state index contributed by atoms with van der Waals surface area (Å²) in [6.45, 7) is 0. The second-order valence-electron chi connectivity index (χ2n) is 3.59. The first-order valence-corrected chi connectivity index (χ1v) is 5.56. The summed E-state index contributed by atoms with van der Waals surface area (Å²) < 4.78 is 0. The number of rotatable bonds is 2. The van der Waals surface area contributed by atoms with Crippen molar-refractivity contribution in [3.63, 3.8) is 0 Å². The molecule has 2 aromatic rings. The van der Waals surface area contributed by atoms with Crippen LogP contribution in [0.3, 0.4) is 0 Å². The first-order valence-electron chi connectivity index (χ1n) is 5.18. The summed E-state index contributed by atoms with van der Waals surface area (Å²) in [6, 6.07) is 6.53. The molecule has 0 unspecified atom stereocenters. The van der Waals surface area contributed by atoms with Gasteiger partial charge < -0.3 is 11.1 Å². The Hall–Kier alpha value is -2.65. The number of anilines is 2. The average Bonchev–Trinajstić information content (AvgIpc) is 2.42. The van der Waals surface area contributed by atoms with Crippen molar-refractivity contribution < 1.29 is 4.79 Å². The minimum Gasteiger partial charge on any atom is -0.382 e. The number of nitrogens with two attached hydrogens (primary N) is 1. The molecule has 2 rings (SSSR count). The first-order chi connectivity index (χ1) is 9.10. The van der Waals surface area contributed by atoms with Crippen molar-refractivity contribution in [2.75, 3.05) is 11.1 Å². The number of carbonyl (C=O) groups excluding carboxylic acids is 1. The van der Waals surface area contributed by atoms with Crippen LogP contribution in [0.25, 0.3) is 0 Å². The molecule has 0 fully saturated rings. The SMILES string of the molecule is N#Cc1ccc(Cl)c(NC(=O)c2cnc(N)cn2)c1. The number of amides is 1. The van der Waals surface area contributed by atoms with Crippen LogP contribution < -0.4 is 11.1 Å². The van der Waals surface area contributed by atoms with E-state index in [-0.39, 0.29) is 11.5 Å². The van der Waals surface area contributed by atoms with E-state index in [0.29, 0.717) is 16.3 Å². The Labute approximate surface area is 113 Å². The fraction of sp³-hybridized carbons (Fsp3) is 0. The lowest BCUT2D eigenvalue weighted by atomic mass is 10.2. The average molecular weight is 274 g/mol. The lowest BCUT2D eigenvalue weighted by Gasteiger charge is -2.06. The molecule has 7 heteroatoms.